The van der Waals surface area contributed by atoms with Gasteiger partial charge in [-0.1, -0.05) is 26.0 Å². The van der Waals surface area contributed by atoms with Gasteiger partial charge in [0.25, 0.3) is 0 Å². The quantitative estimate of drug-likeness (QED) is 0.456. The molecule has 0 unspecified atom stereocenters. The standard InChI is InChI=1S/C23H22N2O3/c1-4-25-10-9-23(2,3)16-12-14-11-15(22(26)28-20(14)13-18(16)25)21-24-17-7-5-6-8-19(17)27-21/h5-8,11-13H,4,9-10H2,1-3H3. The maximum absolute atomic E-state index is 12.7. The lowest BCUT2D eigenvalue weighted by Gasteiger charge is -2.40. The molecule has 0 N–H and O–H groups in total. The Bertz CT molecular complexity index is 1230. The minimum absolute atomic E-state index is 0.0725. The van der Waals surface area contributed by atoms with Crippen molar-refractivity contribution in [3.8, 4) is 11.5 Å². The summed E-state index contributed by atoms with van der Waals surface area (Å²) in [5, 5.41) is 0.890. The van der Waals surface area contributed by atoms with E-state index < -0.39 is 5.63 Å². The van der Waals surface area contributed by atoms with E-state index in [4.69, 9.17) is 8.83 Å². The molecular weight excluding hydrogens is 352 g/mol. The molecule has 1 aliphatic heterocycles. The van der Waals surface area contributed by atoms with Gasteiger partial charge in [-0.25, -0.2) is 9.78 Å². The van der Waals surface area contributed by atoms with Crippen LogP contribution >= 0.6 is 0 Å². The molecule has 0 bridgehead atoms. The van der Waals surface area contributed by atoms with Crippen LogP contribution in [0.3, 0.4) is 0 Å². The summed E-state index contributed by atoms with van der Waals surface area (Å²) in [7, 11) is 0. The number of anilines is 1. The highest BCUT2D eigenvalue weighted by atomic mass is 16.4. The number of aromatic nitrogens is 1. The van der Waals surface area contributed by atoms with Gasteiger partial charge in [0.15, 0.2) is 5.58 Å². The molecule has 142 valence electrons. The minimum Gasteiger partial charge on any atom is -0.436 e. The molecule has 0 fully saturated rings. The first kappa shape index (κ1) is 17.0. The monoisotopic (exact) mass is 374 g/mol. The fraction of sp³-hybridized carbons (Fsp3) is 0.304. The van der Waals surface area contributed by atoms with E-state index in [1.54, 1.807) is 0 Å². The SMILES string of the molecule is CCN1CCC(C)(C)c2cc3cc(-c4nc5ccccc5o4)c(=O)oc3cc21. The number of hydrogen-bond acceptors (Lipinski definition) is 5. The Morgan fingerprint density at radius 2 is 1.93 bits per heavy atom. The largest absolute Gasteiger partial charge is 0.436 e. The molecule has 5 heteroatoms. The van der Waals surface area contributed by atoms with Crippen LogP contribution in [0.15, 0.2) is 56.1 Å². The minimum atomic E-state index is -0.433. The second kappa shape index (κ2) is 5.96. The van der Waals surface area contributed by atoms with Gasteiger partial charge in [0.05, 0.1) is 0 Å². The molecule has 0 saturated carbocycles. The van der Waals surface area contributed by atoms with Crippen molar-refractivity contribution >= 4 is 27.8 Å². The van der Waals surface area contributed by atoms with Crippen molar-refractivity contribution in [1.82, 2.24) is 4.98 Å². The Morgan fingerprint density at radius 3 is 2.71 bits per heavy atom. The second-order valence-electron chi connectivity index (χ2n) is 8.06. The first-order chi connectivity index (χ1) is 13.5. The van der Waals surface area contributed by atoms with E-state index in [2.05, 4.69) is 36.7 Å². The number of oxazole rings is 1. The van der Waals surface area contributed by atoms with Crippen molar-refractivity contribution in [2.24, 2.45) is 0 Å². The van der Waals surface area contributed by atoms with E-state index in [-0.39, 0.29) is 5.41 Å². The van der Waals surface area contributed by atoms with E-state index in [1.807, 2.05) is 36.4 Å². The lowest BCUT2D eigenvalue weighted by molar-refractivity contribution is 0.456. The Morgan fingerprint density at radius 1 is 1.11 bits per heavy atom. The molecule has 5 nitrogen and oxygen atoms in total. The number of benzene rings is 2. The van der Waals surface area contributed by atoms with E-state index in [9.17, 15) is 4.79 Å². The summed E-state index contributed by atoms with van der Waals surface area (Å²) in [5.41, 5.74) is 4.41. The third-order valence-electron chi connectivity index (χ3n) is 5.83. The molecule has 2 aromatic heterocycles. The zero-order chi connectivity index (χ0) is 19.5. The van der Waals surface area contributed by atoms with Gasteiger partial charge in [-0.05, 0) is 48.6 Å². The van der Waals surface area contributed by atoms with Gasteiger partial charge in [-0.15, -0.1) is 0 Å². The van der Waals surface area contributed by atoms with E-state index in [1.165, 1.54) is 5.56 Å². The van der Waals surface area contributed by atoms with Gasteiger partial charge >= 0.3 is 5.63 Å². The first-order valence-corrected chi connectivity index (χ1v) is 9.69. The third-order valence-corrected chi connectivity index (χ3v) is 5.83. The molecule has 1 aliphatic rings. The molecule has 0 atom stereocenters. The van der Waals surface area contributed by atoms with Crippen LogP contribution in [0.5, 0.6) is 0 Å². The molecule has 28 heavy (non-hydrogen) atoms. The van der Waals surface area contributed by atoms with Crippen LogP contribution in [-0.2, 0) is 5.41 Å². The van der Waals surface area contributed by atoms with Gasteiger partial charge in [-0.3, -0.25) is 0 Å². The molecule has 4 aromatic rings. The summed E-state index contributed by atoms with van der Waals surface area (Å²) < 4.78 is 11.5. The molecular formula is C23H22N2O3. The molecule has 0 spiro atoms. The number of para-hydroxylation sites is 2. The number of hydrogen-bond donors (Lipinski definition) is 0. The lowest BCUT2D eigenvalue weighted by Crippen LogP contribution is -2.37. The van der Waals surface area contributed by atoms with Crippen LogP contribution in [0.25, 0.3) is 33.5 Å². The predicted octanol–water partition coefficient (Wildman–Crippen LogP) is 5.11. The second-order valence-corrected chi connectivity index (χ2v) is 8.06. The average molecular weight is 374 g/mol. The lowest BCUT2D eigenvalue weighted by atomic mass is 9.77. The molecule has 0 aliphatic carbocycles. The van der Waals surface area contributed by atoms with E-state index in [0.29, 0.717) is 22.6 Å². The Balaban J connectivity index is 1.73. The van der Waals surface area contributed by atoms with Crippen LogP contribution in [0.4, 0.5) is 5.69 Å². The Kier molecular flexibility index (Phi) is 3.63. The van der Waals surface area contributed by atoms with Crippen LogP contribution in [-0.4, -0.2) is 18.1 Å². The van der Waals surface area contributed by atoms with Gasteiger partial charge in [0, 0.05) is 30.2 Å². The molecule has 2 aromatic carbocycles. The number of nitrogens with zero attached hydrogens (tertiary/aromatic N) is 2. The van der Waals surface area contributed by atoms with E-state index in [0.717, 1.165) is 36.1 Å². The fourth-order valence-corrected chi connectivity index (χ4v) is 4.09. The highest BCUT2D eigenvalue weighted by Crippen LogP contribution is 2.41. The normalized spacial score (nSPS) is 15.9. The number of rotatable bonds is 2. The van der Waals surface area contributed by atoms with Gasteiger partial charge in [0.2, 0.25) is 5.89 Å². The van der Waals surface area contributed by atoms with E-state index >= 15 is 0 Å². The van der Waals surface area contributed by atoms with Crippen LogP contribution < -0.4 is 10.5 Å². The maximum atomic E-state index is 12.7. The molecule has 3 heterocycles. The predicted molar refractivity (Wildman–Crippen MR) is 111 cm³/mol. The highest BCUT2D eigenvalue weighted by molar-refractivity contribution is 5.87. The summed E-state index contributed by atoms with van der Waals surface area (Å²) in [4.78, 5) is 19.5. The summed E-state index contributed by atoms with van der Waals surface area (Å²) in [6.07, 6.45) is 1.09. The average Bonchev–Trinajstić information content (AvgIpc) is 3.10. The molecule has 0 radical (unpaired) electrons. The van der Waals surface area contributed by atoms with Gasteiger partial charge < -0.3 is 13.7 Å². The van der Waals surface area contributed by atoms with Gasteiger partial charge in [-0.2, -0.15) is 0 Å². The van der Waals surface area contributed by atoms with Crippen molar-refractivity contribution in [2.75, 3.05) is 18.0 Å². The summed E-state index contributed by atoms with van der Waals surface area (Å²) >= 11 is 0. The fourth-order valence-electron chi connectivity index (χ4n) is 4.09. The van der Waals surface area contributed by atoms with Gasteiger partial charge in [0.1, 0.15) is 16.7 Å². The van der Waals surface area contributed by atoms with Crippen LogP contribution in [0.2, 0.25) is 0 Å². The summed E-state index contributed by atoms with van der Waals surface area (Å²) in [6.45, 7) is 8.63. The van der Waals surface area contributed by atoms with Crippen LogP contribution in [0, 0.1) is 0 Å². The zero-order valence-corrected chi connectivity index (χ0v) is 16.3. The smallest absolute Gasteiger partial charge is 0.349 e. The topological polar surface area (TPSA) is 59.5 Å². The first-order valence-electron chi connectivity index (χ1n) is 9.69. The van der Waals surface area contributed by atoms with Crippen molar-refractivity contribution in [2.45, 2.75) is 32.6 Å². The molecule has 5 rings (SSSR count). The van der Waals surface area contributed by atoms with Crippen molar-refractivity contribution in [3.63, 3.8) is 0 Å². The highest BCUT2D eigenvalue weighted by Gasteiger charge is 2.31. The maximum Gasteiger partial charge on any atom is 0.349 e. The molecule has 0 saturated heterocycles. The summed E-state index contributed by atoms with van der Waals surface area (Å²) in [5.74, 6) is 0.295. The number of fused-ring (bicyclic) bond motifs is 3. The van der Waals surface area contributed by atoms with Crippen LogP contribution in [0.1, 0.15) is 32.8 Å². The van der Waals surface area contributed by atoms with Crippen molar-refractivity contribution in [1.29, 1.82) is 0 Å². The zero-order valence-electron chi connectivity index (χ0n) is 16.3. The summed E-state index contributed by atoms with van der Waals surface area (Å²) in [6, 6.07) is 13.5. The Hall–Kier alpha value is -3.08. The Labute approximate surface area is 162 Å². The third kappa shape index (κ3) is 2.53. The van der Waals surface area contributed by atoms with Crippen molar-refractivity contribution < 1.29 is 8.83 Å². The molecule has 0 amide bonds. The van der Waals surface area contributed by atoms with Crippen molar-refractivity contribution in [3.05, 3.63) is 58.4 Å².